The Hall–Kier alpha value is -1.02. The minimum absolute atomic E-state index is 0.0438. The van der Waals surface area contributed by atoms with Crippen LogP contribution in [0.15, 0.2) is 12.1 Å². The van der Waals surface area contributed by atoms with Gasteiger partial charge in [0.1, 0.15) is 12.4 Å². The summed E-state index contributed by atoms with van der Waals surface area (Å²) in [6.45, 7) is 9.31. The first-order chi connectivity index (χ1) is 6.91. The van der Waals surface area contributed by atoms with Gasteiger partial charge in [0.05, 0.1) is 6.04 Å². The molecule has 1 aromatic rings. The number of ether oxygens (including phenoxy) is 1. The van der Waals surface area contributed by atoms with E-state index in [1.807, 2.05) is 0 Å². The molecule has 0 aromatic heterocycles. The predicted octanol–water partition coefficient (Wildman–Crippen LogP) is 2.68. The van der Waals surface area contributed by atoms with Crippen LogP contribution in [-0.4, -0.2) is 6.61 Å². The Morgan fingerprint density at radius 1 is 1.33 bits per heavy atom. The minimum Gasteiger partial charge on any atom is -0.491 e. The van der Waals surface area contributed by atoms with Crippen LogP contribution in [0.25, 0.3) is 0 Å². The van der Waals surface area contributed by atoms with Crippen molar-refractivity contribution in [3.05, 3.63) is 28.8 Å². The molecule has 1 aliphatic rings. The Morgan fingerprint density at radius 3 is 2.60 bits per heavy atom. The van der Waals surface area contributed by atoms with Gasteiger partial charge in [0.2, 0.25) is 0 Å². The molecular formula is C13H19NO. The van der Waals surface area contributed by atoms with Gasteiger partial charge in [0.15, 0.2) is 0 Å². The Bertz CT molecular complexity index is 390. The minimum atomic E-state index is 0.0438. The maximum absolute atomic E-state index is 6.03. The Kier molecular flexibility index (Phi) is 2.27. The molecule has 15 heavy (non-hydrogen) atoms. The molecule has 1 atom stereocenters. The summed E-state index contributed by atoms with van der Waals surface area (Å²) in [4.78, 5) is 0. The quantitative estimate of drug-likeness (QED) is 0.706. The average molecular weight is 205 g/mol. The molecule has 82 valence electrons. The van der Waals surface area contributed by atoms with E-state index in [4.69, 9.17) is 10.5 Å². The maximum atomic E-state index is 6.03. The van der Waals surface area contributed by atoms with Crippen molar-refractivity contribution in [3.63, 3.8) is 0 Å². The highest BCUT2D eigenvalue weighted by molar-refractivity contribution is 5.52. The highest BCUT2D eigenvalue weighted by Crippen LogP contribution is 2.41. The fourth-order valence-corrected chi connectivity index (χ4v) is 2.16. The van der Waals surface area contributed by atoms with Gasteiger partial charge in [0, 0.05) is 5.56 Å². The molecule has 1 heterocycles. The molecule has 0 spiro atoms. The number of fused-ring (bicyclic) bond motifs is 1. The molecule has 1 aromatic carbocycles. The number of benzene rings is 1. The van der Waals surface area contributed by atoms with Gasteiger partial charge in [0.25, 0.3) is 0 Å². The van der Waals surface area contributed by atoms with Gasteiger partial charge >= 0.3 is 0 Å². The number of nitrogens with two attached hydrogens (primary N) is 1. The monoisotopic (exact) mass is 205 g/mol. The van der Waals surface area contributed by atoms with Crippen LogP contribution in [0.3, 0.4) is 0 Å². The molecule has 1 aliphatic heterocycles. The fourth-order valence-electron chi connectivity index (χ4n) is 2.16. The summed E-state index contributed by atoms with van der Waals surface area (Å²) in [5.74, 6) is 1.02. The number of rotatable bonds is 0. The molecule has 2 heteroatoms. The molecule has 0 saturated heterocycles. The van der Waals surface area contributed by atoms with Crippen LogP contribution in [0.4, 0.5) is 0 Å². The van der Waals surface area contributed by atoms with E-state index in [9.17, 15) is 0 Å². The summed E-state index contributed by atoms with van der Waals surface area (Å²) in [6, 6.07) is 4.35. The second-order valence-electron chi connectivity index (χ2n) is 5.34. The number of aryl methyl sites for hydroxylation is 1. The Labute approximate surface area is 91.4 Å². The van der Waals surface area contributed by atoms with Gasteiger partial charge in [-0.1, -0.05) is 32.9 Å². The van der Waals surface area contributed by atoms with E-state index in [-0.39, 0.29) is 11.5 Å². The molecule has 0 amide bonds. The van der Waals surface area contributed by atoms with E-state index in [2.05, 4.69) is 39.8 Å². The summed E-state index contributed by atoms with van der Waals surface area (Å²) in [5.41, 5.74) is 9.84. The van der Waals surface area contributed by atoms with Crippen molar-refractivity contribution in [1.29, 1.82) is 0 Å². The topological polar surface area (TPSA) is 35.2 Å². The summed E-state index contributed by atoms with van der Waals surface area (Å²) in [6.07, 6.45) is 0. The lowest BCUT2D eigenvalue weighted by Gasteiger charge is -2.22. The fraction of sp³-hybridized carbons (Fsp3) is 0.538. The van der Waals surface area contributed by atoms with Crippen molar-refractivity contribution in [1.82, 2.24) is 0 Å². The first-order valence-electron chi connectivity index (χ1n) is 5.43. The van der Waals surface area contributed by atoms with E-state index in [0.717, 1.165) is 5.75 Å². The molecule has 2 N–H and O–H groups in total. The SMILES string of the molecule is Cc1ccc(C(C)(C)C)c2c1C(N)CO2. The molecule has 0 bridgehead atoms. The van der Waals surface area contributed by atoms with Crippen LogP contribution in [0.2, 0.25) is 0 Å². The third-order valence-electron chi connectivity index (χ3n) is 3.00. The Balaban J connectivity index is 2.63. The Morgan fingerprint density at radius 2 is 2.00 bits per heavy atom. The van der Waals surface area contributed by atoms with Gasteiger partial charge in [-0.2, -0.15) is 0 Å². The maximum Gasteiger partial charge on any atom is 0.128 e. The van der Waals surface area contributed by atoms with Gasteiger partial charge in [-0.15, -0.1) is 0 Å². The molecule has 1 unspecified atom stereocenters. The lowest BCUT2D eigenvalue weighted by molar-refractivity contribution is 0.325. The van der Waals surface area contributed by atoms with Crippen molar-refractivity contribution in [2.45, 2.75) is 39.2 Å². The zero-order valence-electron chi connectivity index (χ0n) is 9.92. The van der Waals surface area contributed by atoms with E-state index in [1.54, 1.807) is 0 Å². The van der Waals surface area contributed by atoms with Crippen molar-refractivity contribution in [2.24, 2.45) is 5.73 Å². The van der Waals surface area contributed by atoms with Gasteiger partial charge in [-0.05, 0) is 23.5 Å². The highest BCUT2D eigenvalue weighted by Gasteiger charge is 2.29. The first-order valence-corrected chi connectivity index (χ1v) is 5.43. The van der Waals surface area contributed by atoms with Crippen LogP contribution in [0.1, 0.15) is 43.5 Å². The highest BCUT2D eigenvalue weighted by atomic mass is 16.5. The van der Waals surface area contributed by atoms with E-state index in [1.165, 1.54) is 16.7 Å². The molecule has 0 saturated carbocycles. The van der Waals surface area contributed by atoms with Crippen molar-refractivity contribution in [2.75, 3.05) is 6.61 Å². The second-order valence-corrected chi connectivity index (χ2v) is 5.34. The largest absolute Gasteiger partial charge is 0.491 e. The molecule has 2 rings (SSSR count). The van der Waals surface area contributed by atoms with E-state index in [0.29, 0.717) is 6.61 Å². The van der Waals surface area contributed by atoms with Crippen LogP contribution in [0.5, 0.6) is 5.75 Å². The third kappa shape index (κ3) is 1.63. The zero-order chi connectivity index (χ0) is 11.2. The number of hydrogen-bond acceptors (Lipinski definition) is 2. The summed E-state index contributed by atoms with van der Waals surface area (Å²) in [5, 5.41) is 0. The zero-order valence-corrected chi connectivity index (χ0v) is 9.92. The summed E-state index contributed by atoms with van der Waals surface area (Å²) in [7, 11) is 0. The van der Waals surface area contributed by atoms with Gasteiger partial charge in [-0.25, -0.2) is 0 Å². The van der Waals surface area contributed by atoms with E-state index < -0.39 is 0 Å². The lowest BCUT2D eigenvalue weighted by Crippen LogP contribution is -2.13. The van der Waals surface area contributed by atoms with Gasteiger partial charge in [-0.3, -0.25) is 0 Å². The predicted molar refractivity (Wildman–Crippen MR) is 62.3 cm³/mol. The van der Waals surface area contributed by atoms with Crippen LogP contribution < -0.4 is 10.5 Å². The molecule has 0 radical (unpaired) electrons. The van der Waals surface area contributed by atoms with Crippen LogP contribution in [-0.2, 0) is 5.41 Å². The van der Waals surface area contributed by atoms with E-state index >= 15 is 0 Å². The molecule has 0 fully saturated rings. The van der Waals surface area contributed by atoms with Gasteiger partial charge < -0.3 is 10.5 Å². The second kappa shape index (κ2) is 3.24. The molecule has 2 nitrogen and oxygen atoms in total. The smallest absolute Gasteiger partial charge is 0.128 e. The summed E-state index contributed by atoms with van der Waals surface area (Å²) >= 11 is 0. The molecule has 0 aliphatic carbocycles. The third-order valence-corrected chi connectivity index (χ3v) is 3.00. The first kappa shape index (κ1) is 10.5. The van der Waals surface area contributed by atoms with Crippen LogP contribution >= 0.6 is 0 Å². The lowest BCUT2D eigenvalue weighted by atomic mass is 9.84. The normalized spacial score (nSPS) is 19.9. The standard InChI is InChI=1S/C13H19NO/c1-8-5-6-9(13(2,3)4)12-11(8)10(14)7-15-12/h5-6,10H,7,14H2,1-4H3. The number of hydrogen-bond donors (Lipinski definition) is 1. The van der Waals surface area contributed by atoms with Crippen molar-refractivity contribution >= 4 is 0 Å². The van der Waals surface area contributed by atoms with Crippen molar-refractivity contribution < 1.29 is 4.74 Å². The summed E-state index contributed by atoms with van der Waals surface area (Å²) < 4.78 is 5.72. The van der Waals surface area contributed by atoms with Crippen LogP contribution in [0, 0.1) is 6.92 Å². The average Bonchev–Trinajstić information content (AvgIpc) is 2.47. The van der Waals surface area contributed by atoms with Crippen molar-refractivity contribution in [3.8, 4) is 5.75 Å². The molecular weight excluding hydrogens is 186 g/mol.